The maximum Gasteiger partial charge on any atom is 0.226 e. The third-order valence-electron chi connectivity index (χ3n) is 3.95. The fraction of sp³-hybridized carbons (Fsp3) is 0.375. The minimum Gasteiger partial charge on any atom is -0.309 e. The second kappa shape index (κ2) is 5.12. The van der Waals surface area contributed by atoms with Gasteiger partial charge in [0.2, 0.25) is 5.91 Å². The summed E-state index contributed by atoms with van der Waals surface area (Å²) in [5, 5.41) is 7.32. The Morgan fingerprint density at radius 3 is 2.85 bits per heavy atom. The molecule has 0 saturated carbocycles. The maximum atomic E-state index is 11.9. The molecule has 1 amide bonds. The van der Waals surface area contributed by atoms with Gasteiger partial charge in [0.1, 0.15) is 0 Å². The highest BCUT2D eigenvalue weighted by Gasteiger charge is 2.30. The predicted molar refractivity (Wildman–Crippen MR) is 78.8 cm³/mol. The highest BCUT2D eigenvalue weighted by Crippen LogP contribution is 2.37. The van der Waals surface area contributed by atoms with E-state index in [2.05, 4.69) is 48.7 Å². The molecule has 4 nitrogen and oxygen atoms in total. The van der Waals surface area contributed by atoms with Crippen molar-refractivity contribution in [2.24, 2.45) is 0 Å². The van der Waals surface area contributed by atoms with Crippen LogP contribution in [0.5, 0.6) is 0 Å². The average Bonchev–Trinajstić information content (AvgIpc) is 2.89. The standard InChI is InChI=1S/C16H19N3O/c1-3-11-7-5-6-8-12(11)13-9-15(20)17-16-14(13)10-19(4-2)18-16/h5-8,10,13H,3-4,9H2,1-2H3,(H,17,18,20). The van der Waals surface area contributed by atoms with Gasteiger partial charge in [0.25, 0.3) is 0 Å². The van der Waals surface area contributed by atoms with Crippen LogP contribution in [-0.4, -0.2) is 15.7 Å². The molecule has 0 saturated heterocycles. The van der Waals surface area contributed by atoms with Crippen LogP contribution in [0.4, 0.5) is 5.82 Å². The molecule has 1 N–H and O–H groups in total. The SMILES string of the molecule is CCc1ccccc1C1CC(=O)Nc2nn(CC)cc21. The van der Waals surface area contributed by atoms with E-state index < -0.39 is 0 Å². The number of rotatable bonds is 3. The Morgan fingerprint density at radius 1 is 1.30 bits per heavy atom. The highest BCUT2D eigenvalue weighted by molar-refractivity contribution is 5.94. The topological polar surface area (TPSA) is 46.9 Å². The summed E-state index contributed by atoms with van der Waals surface area (Å²) >= 11 is 0. The van der Waals surface area contributed by atoms with Gasteiger partial charge in [0, 0.05) is 30.6 Å². The number of carbonyl (C=O) groups excluding carboxylic acids is 1. The molecule has 0 fully saturated rings. The summed E-state index contributed by atoms with van der Waals surface area (Å²) in [5.74, 6) is 0.893. The molecule has 0 bridgehead atoms. The quantitative estimate of drug-likeness (QED) is 0.931. The van der Waals surface area contributed by atoms with Crippen LogP contribution in [0.25, 0.3) is 0 Å². The first kappa shape index (κ1) is 12.9. The molecule has 4 heteroatoms. The van der Waals surface area contributed by atoms with Gasteiger partial charge in [0.15, 0.2) is 5.82 Å². The van der Waals surface area contributed by atoms with Gasteiger partial charge >= 0.3 is 0 Å². The molecule has 1 unspecified atom stereocenters. The van der Waals surface area contributed by atoms with Gasteiger partial charge in [0.05, 0.1) is 0 Å². The van der Waals surface area contributed by atoms with Crippen molar-refractivity contribution in [3.63, 3.8) is 0 Å². The van der Waals surface area contributed by atoms with Crippen LogP contribution in [0.15, 0.2) is 30.5 Å². The monoisotopic (exact) mass is 269 g/mol. The Kier molecular flexibility index (Phi) is 3.30. The number of carbonyl (C=O) groups is 1. The van der Waals surface area contributed by atoms with Gasteiger partial charge in [-0.25, -0.2) is 0 Å². The molecular weight excluding hydrogens is 250 g/mol. The molecule has 20 heavy (non-hydrogen) atoms. The molecule has 1 aromatic carbocycles. The largest absolute Gasteiger partial charge is 0.309 e. The van der Waals surface area contributed by atoms with Crippen molar-refractivity contribution in [1.29, 1.82) is 0 Å². The van der Waals surface area contributed by atoms with E-state index >= 15 is 0 Å². The maximum absolute atomic E-state index is 11.9. The molecule has 1 aliphatic rings. The number of aromatic nitrogens is 2. The summed E-state index contributed by atoms with van der Waals surface area (Å²) < 4.78 is 1.89. The first-order chi connectivity index (χ1) is 9.72. The lowest BCUT2D eigenvalue weighted by molar-refractivity contribution is -0.116. The minimum absolute atomic E-state index is 0.0507. The third-order valence-corrected chi connectivity index (χ3v) is 3.95. The summed E-state index contributed by atoms with van der Waals surface area (Å²) in [7, 11) is 0. The van der Waals surface area contributed by atoms with Crippen LogP contribution in [0.3, 0.4) is 0 Å². The Balaban J connectivity index is 2.10. The number of amides is 1. The molecule has 104 valence electrons. The van der Waals surface area contributed by atoms with Crippen LogP contribution in [-0.2, 0) is 17.8 Å². The normalized spacial score (nSPS) is 17.7. The lowest BCUT2D eigenvalue weighted by Crippen LogP contribution is -2.23. The Labute approximate surface area is 118 Å². The number of hydrogen-bond acceptors (Lipinski definition) is 2. The Hall–Kier alpha value is -2.10. The molecule has 1 atom stereocenters. The fourth-order valence-corrected chi connectivity index (χ4v) is 2.90. The Morgan fingerprint density at radius 2 is 2.10 bits per heavy atom. The van der Waals surface area contributed by atoms with E-state index in [0.29, 0.717) is 6.42 Å². The third kappa shape index (κ3) is 2.11. The lowest BCUT2D eigenvalue weighted by atomic mass is 9.84. The van der Waals surface area contributed by atoms with Gasteiger partial charge in [-0.3, -0.25) is 9.48 Å². The number of hydrogen-bond donors (Lipinski definition) is 1. The number of benzene rings is 1. The van der Waals surface area contributed by atoms with Gasteiger partial charge in [-0.05, 0) is 24.5 Å². The zero-order chi connectivity index (χ0) is 14.1. The second-order valence-corrected chi connectivity index (χ2v) is 5.15. The molecule has 2 heterocycles. The summed E-state index contributed by atoms with van der Waals surface area (Å²) in [4.78, 5) is 11.9. The van der Waals surface area contributed by atoms with Gasteiger partial charge < -0.3 is 5.32 Å². The molecular formula is C16H19N3O. The zero-order valence-electron chi connectivity index (χ0n) is 11.9. The van der Waals surface area contributed by atoms with E-state index in [1.807, 2.05) is 10.7 Å². The fourth-order valence-electron chi connectivity index (χ4n) is 2.90. The van der Waals surface area contributed by atoms with E-state index in [-0.39, 0.29) is 11.8 Å². The van der Waals surface area contributed by atoms with E-state index in [4.69, 9.17) is 0 Å². The number of nitrogens with zero attached hydrogens (tertiary/aromatic N) is 2. The van der Waals surface area contributed by atoms with Crippen LogP contribution in [0, 0.1) is 0 Å². The van der Waals surface area contributed by atoms with Crippen LogP contribution in [0.1, 0.15) is 42.9 Å². The van der Waals surface area contributed by atoms with Crippen molar-refractivity contribution in [2.45, 2.75) is 39.2 Å². The van der Waals surface area contributed by atoms with Crippen molar-refractivity contribution < 1.29 is 4.79 Å². The lowest BCUT2D eigenvalue weighted by Gasteiger charge is -2.23. The zero-order valence-corrected chi connectivity index (χ0v) is 11.9. The van der Waals surface area contributed by atoms with E-state index in [1.54, 1.807) is 0 Å². The van der Waals surface area contributed by atoms with Gasteiger partial charge in [-0.2, -0.15) is 5.10 Å². The highest BCUT2D eigenvalue weighted by atomic mass is 16.1. The molecule has 2 aromatic rings. The summed E-state index contributed by atoms with van der Waals surface area (Å²) in [6.07, 6.45) is 3.54. The number of fused-ring (bicyclic) bond motifs is 1. The van der Waals surface area contributed by atoms with Gasteiger partial charge in [-0.1, -0.05) is 31.2 Å². The average molecular weight is 269 g/mol. The second-order valence-electron chi connectivity index (χ2n) is 5.15. The summed E-state index contributed by atoms with van der Waals surface area (Å²) in [6.45, 7) is 5.01. The van der Waals surface area contributed by atoms with Crippen molar-refractivity contribution in [1.82, 2.24) is 9.78 Å². The molecule has 0 spiro atoms. The first-order valence-electron chi connectivity index (χ1n) is 7.18. The van der Waals surface area contributed by atoms with Crippen LogP contribution >= 0.6 is 0 Å². The van der Waals surface area contributed by atoms with Crippen molar-refractivity contribution in [2.75, 3.05) is 5.32 Å². The van der Waals surface area contributed by atoms with Crippen LogP contribution < -0.4 is 5.32 Å². The van der Waals surface area contributed by atoms with Crippen molar-refractivity contribution >= 4 is 11.7 Å². The van der Waals surface area contributed by atoms with Crippen molar-refractivity contribution in [3.05, 3.63) is 47.2 Å². The van der Waals surface area contributed by atoms with E-state index in [0.717, 1.165) is 24.3 Å². The molecule has 1 aliphatic heterocycles. The molecule has 1 aromatic heterocycles. The molecule has 0 radical (unpaired) electrons. The first-order valence-corrected chi connectivity index (χ1v) is 7.18. The molecule has 0 aliphatic carbocycles. The minimum atomic E-state index is 0.0507. The van der Waals surface area contributed by atoms with E-state index in [1.165, 1.54) is 11.1 Å². The van der Waals surface area contributed by atoms with E-state index in [9.17, 15) is 4.79 Å². The predicted octanol–water partition coefficient (Wildman–Crippen LogP) is 2.94. The summed E-state index contributed by atoms with van der Waals surface area (Å²) in [5.41, 5.74) is 3.69. The Bertz CT molecular complexity index is 645. The molecule has 3 rings (SSSR count). The number of aryl methyl sites for hydroxylation is 2. The van der Waals surface area contributed by atoms with Gasteiger partial charge in [-0.15, -0.1) is 0 Å². The van der Waals surface area contributed by atoms with Crippen molar-refractivity contribution in [3.8, 4) is 0 Å². The number of anilines is 1. The number of nitrogens with one attached hydrogen (secondary N) is 1. The van der Waals surface area contributed by atoms with Crippen LogP contribution in [0.2, 0.25) is 0 Å². The summed E-state index contributed by atoms with van der Waals surface area (Å²) in [6, 6.07) is 8.38. The smallest absolute Gasteiger partial charge is 0.226 e.